The van der Waals surface area contributed by atoms with E-state index in [2.05, 4.69) is 9.97 Å². The number of halogens is 3. The number of hydrogen-bond acceptors (Lipinski definition) is 4. The third kappa shape index (κ3) is 4.27. The number of rotatable bonds is 3. The van der Waals surface area contributed by atoms with Gasteiger partial charge in [0.25, 0.3) is 0 Å². The first-order valence-corrected chi connectivity index (χ1v) is 10.4. The molecule has 2 heterocycles. The van der Waals surface area contributed by atoms with Gasteiger partial charge in [0, 0.05) is 36.7 Å². The van der Waals surface area contributed by atoms with Crippen molar-refractivity contribution in [2.45, 2.75) is 50.6 Å². The minimum Gasteiger partial charge on any atom is -0.368 e. The van der Waals surface area contributed by atoms with Crippen LogP contribution in [-0.2, 0) is 11.0 Å². The van der Waals surface area contributed by atoms with Crippen LogP contribution < -0.4 is 5.73 Å². The normalized spacial score (nSPS) is 20.5. The Balaban J connectivity index is 1.60. The molecule has 1 saturated heterocycles. The number of carbonyl (C=O) groups excluding carboxylic acids is 1. The fourth-order valence-electron chi connectivity index (χ4n) is 4.61. The quantitative estimate of drug-likeness (QED) is 0.788. The molecule has 1 aliphatic carbocycles. The van der Waals surface area contributed by atoms with Crippen LogP contribution in [0.5, 0.6) is 0 Å². The van der Waals surface area contributed by atoms with Crippen molar-refractivity contribution in [3.05, 3.63) is 41.7 Å². The molecule has 2 N–H and O–H groups in total. The summed E-state index contributed by atoms with van der Waals surface area (Å²) < 4.78 is 38.7. The van der Waals surface area contributed by atoms with Crippen LogP contribution in [0.3, 0.4) is 0 Å². The third-order valence-corrected chi connectivity index (χ3v) is 6.18. The first kappa shape index (κ1) is 20.6. The molecule has 2 fully saturated rings. The molecule has 0 bridgehead atoms. The van der Waals surface area contributed by atoms with Gasteiger partial charge < -0.3 is 10.6 Å². The van der Waals surface area contributed by atoms with Crippen molar-refractivity contribution in [1.82, 2.24) is 14.9 Å². The molecule has 0 unspecified atom stereocenters. The molecule has 5 nitrogen and oxygen atoms in total. The topological polar surface area (TPSA) is 72.1 Å². The van der Waals surface area contributed by atoms with Crippen LogP contribution in [0.15, 0.2) is 30.5 Å². The number of anilines is 1. The number of hydrogen-bond donors (Lipinski definition) is 1. The molecule has 1 saturated carbocycles. The highest BCUT2D eigenvalue weighted by atomic mass is 19.4. The van der Waals surface area contributed by atoms with Crippen LogP contribution in [-0.4, -0.2) is 33.9 Å². The Labute approximate surface area is 173 Å². The summed E-state index contributed by atoms with van der Waals surface area (Å²) >= 11 is 0. The zero-order valence-corrected chi connectivity index (χ0v) is 16.7. The van der Waals surface area contributed by atoms with Gasteiger partial charge in [-0.1, -0.05) is 25.0 Å². The fourth-order valence-corrected chi connectivity index (χ4v) is 4.61. The lowest BCUT2D eigenvalue weighted by atomic mass is 9.89. The molecule has 1 aromatic carbocycles. The summed E-state index contributed by atoms with van der Waals surface area (Å²) in [6.07, 6.45) is 3.01. The number of carbonyl (C=O) groups is 1. The van der Waals surface area contributed by atoms with Crippen LogP contribution in [0.25, 0.3) is 11.1 Å². The van der Waals surface area contributed by atoms with Crippen LogP contribution >= 0.6 is 0 Å². The number of piperidine rings is 1. The van der Waals surface area contributed by atoms with E-state index in [0.29, 0.717) is 23.4 Å². The van der Waals surface area contributed by atoms with Crippen molar-refractivity contribution in [2.75, 3.05) is 18.8 Å². The summed E-state index contributed by atoms with van der Waals surface area (Å²) in [5.41, 5.74) is 7.11. The first-order valence-electron chi connectivity index (χ1n) is 10.4. The predicted molar refractivity (Wildman–Crippen MR) is 107 cm³/mol. The summed E-state index contributed by atoms with van der Waals surface area (Å²) in [6.45, 7) is 1.29. The maximum Gasteiger partial charge on any atom is 0.416 e. The van der Waals surface area contributed by atoms with E-state index in [9.17, 15) is 18.0 Å². The second-order valence-corrected chi connectivity index (χ2v) is 8.21. The van der Waals surface area contributed by atoms with Gasteiger partial charge in [0.15, 0.2) is 0 Å². The number of alkyl halides is 3. The lowest BCUT2D eigenvalue weighted by molar-refractivity contribution is -0.138. The molecule has 1 amide bonds. The molecule has 2 aliphatic rings. The maximum atomic E-state index is 12.9. The average Bonchev–Trinajstić information content (AvgIpc) is 3.28. The Morgan fingerprint density at radius 2 is 1.77 bits per heavy atom. The first-order chi connectivity index (χ1) is 14.3. The molecule has 8 heteroatoms. The van der Waals surface area contributed by atoms with Gasteiger partial charge in [0.05, 0.1) is 11.3 Å². The summed E-state index contributed by atoms with van der Waals surface area (Å²) in [6, 6.07) is 5.00. The smallest absolute Gasteiger partial charge is 0.368 e. The monoisotopic (exact) mass is 418 g/mol. The molecular formula is C22H25F3N4O. The van der Waals surface area contributed by atoms with Crippen molar-refractivity contribution in [3.63, 3.8) is 0 Å². The van der Waals surface area contributed by atoms with Crippen LogP contribution in [0.1, 0.15) is 55.7 Å². The van der Waals surface area contributed by atoms with E-state index >= 15 is 0 Å². The second-order valence-electron chi connectivity index (χ2n) is 8.21. The SMILES string of the molecule is Nc1ncc(-c2ccc(C(F)(F)F)cc2)c([C@H]2CCCN(C(=O)C3CCCC3)C2)n1. The molecule has 2 aromatic rings. The number of nitrogens with two attached hydrogens (primary N) is 1. The lowest BCUT2D eigenvalue weighted by Gasteiger charge is -2.34. The van der Waals surface area contributed by atoms with E-state index in [1.54, 1.807) is 6.20 Å². The molecule has 0 radical (unpaired) electrons. The highest BCUT2D eigenvalue weighted by molar-refractivity contribution is 5.79. The van der Waals surface area contributed by atoms with Crippen molar-refractivity contribution < 1.29 is 18.0 Å². The predicted octanol–water partition coefficient (Wildman–Crippen LogP) is 4.64. The van der Waals surface area contributed by atoms with E-state index in [1.807, 2.05) is 4.90 Å². The summed E-state index contributed by atoms with van der Waals surface area (Å²) in [5.74, 6) is 0.440. The second kappa shape index (κ2) is 8.24. The Hall–Kier alpha value is -2.64. The number of benzene rings is 1. The largest absolute Gasteiger partial charge is 0.416 e. The number of nitrogens with zero attached hydrogens (tertiary/aromatic N) is 3. The van der Waals surface area contributed by atoms with Gasteiger partial charge >= 0.3 is 6.18 Å². The highest BCUT2D eigenvalue weighted by Gasteiger charge is 2.33. The summed E-state index contributed by atoms with van der Waals surface area (Å²) in [4.78, 5) is 23.3. The van der Waals surface area contributed by atoms with Crippen LogP contribution in [0.2, 0.25) is 0 Å². The minimum absolute atomic E-state index is 0.0216. The molecule has 1 aromatic heterocycles. The third-order valence-electron chi connectivity index (χ3n) is 6.18. The Morgan fingerprint density at radius 3 is 2.43 bits per heavy atom. The van der Waals surface area contributed by atoms with Gasteiger partial charge in [-0.2, -0.15) is 13.2 Å². The van der Waals surface area contributed by atoms with Crippen molar-refractivity contribution in [3.8, 4) is 11.1 Å². The summed E-state index contributed by atoms with van der Waals surface area (Å²) in [7, 11) is 0. The highest BCUT2D eigenvalue weighted by Crippen LogP contribution is 2.36. The van der Waals surface area contributed by atoms with Crippen molar-refractivity contribution in [1.29, 1.82) is 0 Å². The molecule has 0 spiro atoms. The van der Waals surface area contributed by atoms with Gasteiger partial charge in [-0.25, -0.2) is 9.97 Å². The Morgan fingerprint density at radius 1 is 1.07 bits per heavy atom. The van der Waals surface area contributed by atoms with E-state index in [1.165, 1.54) is 12.1 Å². The Kier molecular flexibility index (Phi) is 5.66. The zero-order valence-electron chi connectivity index (χ0n) is 16.7. The van der Waals surface area contributed by atoms with Gasteiger partial charge in [-0.05, 0) is 43.4 Å². The van der Waals surface area contributed by atoms with E-state index in [4.69, 9.17) is 5.73 Å². The van der Waals surface area contributed by atoms with Crippen LogP contribution in [0.4, 0.5) is 19.1 Å². The lowest BCUT2D eigenvalue weighted by Crippen LogP contribution is -2.42. The molecule has 4 rings (SSSR count). The zero-order chi connectivity index (χ0) is 21.3. The standard InChI is InChI=1S/C22H25F3N4O/c23-22(24,25)17-9-7-14(8-10-17)18-12-27-21(26)28-19(18)16-6-3-11-29(13-16)20(30)15-4-1-2-5-15/h7-10,12,15-16H,1-6,11,13H2,(H2,26,27,28)/t16-/m0/s1. The molecule has 1 aliphatic heterocycles. The Bertz CT molecular complexity index is 908. The van der Waals surface area contributed by atoms with E-state index in [0.717, 1.165) is 57.2 Å². The van der Waals surface area contributed by atoms with Gasteiger partial charge in [-0.3, -0.25) is 4.79 Å². The molecule has 160 valence electrons. The number of likely N-dealkylation sites (tertiary alicyclic amines) is 1. The average molecular weight is 418 g/mol. The van der Waals surface area contributed by atoms with Gasteiger partial charge in [-0.15, -0.1) is 0 Å². The summed E-state index contributed by atoms with van der Waals surface area (Å²) in [5, 5.41) is 0. The number of aromatic nitrogens is 2. The molecule has 30 heavy (non-hydrogen) atoms. The van der Waals surface area contributed by atoms with Gasteiger partial charge in [0.1, 0.15) is 0 Å². The maximum absolute atomic E-state index is 12.9. The molecular weight excluding hydrogens is 393 g/mol. The van der Waals surface area contributed by atoms with Crippen molar-refractivity contribution >= 4 is 11.9 Å². The molecule has 1 atom stereocenters. The minimum atomic E-state index is -4.39. The van der Waals surface area contributed by atoms with E-state index < -0.39 is 11.7 Å². The number of nitrogen functional groups attached to an aromatic ring is 1. The fraction of sp³-hybridized carbons (Fsp3) is 0.500. The van der Waals surface area contributed by atoms with Crippen LogP contribution in [0, 0.1) is 5.92 Å². The van der Waals surface area contributed by atoms with Gasteiger partial charge in [0.2, 0.25) is 11.9 Å². The van der Waals surface area contributed by atoms with Crippen molar-refractivity contribution in [2.24, 2.45) is 5.92 Å². The van der Waals surface area contributed by atoms with E-state index in [-0.39, 0.29) is 23.7 Å². The number of amides is 1.